The van der Waals surface area contributed by atoms with Gasteiger partial charge in [0.2, 0.25) is 11.8 Å². The van der Waals surface area contributed by atoms with Crippen LogP contribution in [0, 0.1) is 11.8 Å². The molecule has 2 aromatic rings. The average Bonchev–Trinajstić information content (AvgIpc) is 2.75. The third-order valence-corrected chi connectivity index (χ3v) is 5.79. The third kappa shape index (κ3) is 5.22. The number of carbonyl (C=O) groups is 2. The summed E-state index contributed by atoms with van der Waals surface area (Å²) >= 11 is 0. The summed E-state index contributed by atoms with van der Waals surface area (Å²) < 4.78 is 0. The molecule has 0 spiro atoms. The van der Waals surface area contributed by atoms with Gasteiger partial charge in [-0.15, -0.1) is 0 Å². The molecular formula is C24H30N2O2. The Morgan fingerprint density at radius 3 is 1.32 bits per heavy atom. The van der Waals surface area contributed by atoms with E-state index in [0.29, 0.717) is 0 Å². The van der Waals surface area contributed by atoms with Crippen LogP contribution in [0.3, 0.4) is 0 Å². The predicted octanol–water partition coefficient (Wildman–Crippen LogP) is 4.55. The van der Waals surface area contributed by atoms with Gasteiger partial charge in [0.1, 0.15) is 0 Å². The van der Waals surface area contributed by atoms with Gasteiger partial charge < -0.3 is 10.6 Å². The van der Waals surface area contributed by atoms with Crippen molar-refractivity contribution < 1.29 is 9.59 Å². The van der Waals surface area contributed by atoms with Gasteiger partial charge in [0.05, 0.1) is 12.1 Å². The molecule has 2 N–H and O–H groups in total. The Kier molecular flexibility index (Phi) is 6.85. The molecule has 0 saturated heterocycles. The predicted molar refractivity (Wildman–Crippen MR) is 111 cm³/mol. The zero-order chi connectivity index (χ0) is 19.9. The molecule has 3 rings (SSSR count). The smallest absolute Gasteiger partial charge is 0.223 e. The minimum absolute atomic E-state index is 0.00134. The second-order valence-electron chi connectivity index (χ2n) is 7.83. The maximum atomic E-state index is 12.6. The first-order valence-electron chi connectivity index (χ1n) is 10.2. The van der Waals surface area contributed by atoms with Crippen LogP contribution in [-0.2, 0) is 9.59 Å². The maximum Gasteiger partial charge on any atom is 0.223 e. The second kappa shape index (κ2) is 9.54. The highest BCUT2D eigenvalue weighted by atomic mass is 16.2. The lowest BCUT2D eigenvalue weighted by atomic mass is 9.81. The summed E-state index contributed by atoms with van der Waals surface area (Å²) in [6.07, 6.45) is 3.08. The van der Waals surface area contributed by atoms with Crippen LogP contribution in [0.25, 0.3) is 0 Å². The van der Waals surface area contributed by atoms with E-state index in [1.54, 1.807) is 0 Å². The SMILES string of the molecule is C[C@H](NC(=O)C1CCC(C(=O)N[C@@H](C)c2ccccc2)CC1)c1ccccc1. The topological polar surface area (TPSA) is 58.2 Å². The molecule has 1 aliphatic rings. The molecule has 4 nitrogen and oxygen atoms in total. The number of benzene rings is 2. The number of carbonyl (C=O) groups excluding carboxylic acids is 2. The van der Waals surface area contributed by atoms with Gasteiger partial charge in [-0.3, -0.25) is 9.59 Å². The lowest BCUT2D eigenvalue weighted by Crippen LogP contribution is -2.38. The van der Waals surface area contributed by atoms with Crippen molar-refractivity contribution >= 4 is 11.8 Å². The molecule has 28 heavy (non-hydrogen) atoms. The van der Waals surface area contributed by atoms with Gasteiger partial charge in [-0.05, 0) is 50.7 Å². The van der Waals surface area contributed by atoms with Crippen LogP contribution in [0.15, 0.2) is 60.7 Å². The molecule has 148 valence electrons. The molecular weight excluding hydrogens is 348 g/mol. The van der Waals surface area contributed by atoms with Crippen LogP contribution in [0.5, 0.6) is 0 Å². The fraction of sp³-hybridized carbons (Fsp3) is 0.417. The minimum Gasteiger partial charge on any atom is -0.349 e. The van der Waals surface area contributed by atoms with Crippen molar-refractivity contribution in [3.8, 4) is 0 Å². The first kappa shape index (κ1) is 20.1. The molecule has 0 radical (unpaired) electrons. The summed E-state index contributed by atoms with van der Waals surface area (Å²) in [4.78, 5) is 25.2. The quantitative estimate of drug-likeness (QED) is 0.775. The van der Waals surface area contributed by atoms with Crippen molar-refractivity contribution in [2.45, 2.75) is 51.6 Å². The third-order valence-electron chi connectivity index (χ3n) is 5.79. The van der Waals surface area contributed by atoms with E-state index >= 15 is 0 Å². The summed E-state index contributed by atoms with van der Waals surface area (Å²) in [5.41, 5.74) is 2.22. The van der Waals surface area contributed by atoms with E-state index in [1.165, 1.54) is 0 Å². The van der Waals surface area contributed by atoms with Gasteiger partial charge in [-0.2, -0.15) is 0 Å². The normalized spacial score (nSPS) is 21.4. The van der Waals surface area contributed by atoms with Crippen LogP contribution < -0.4 is 10.6 Å². The Morgan fingerprint density at radius 1 is 0.679 bits per heavy atom. The van der Waals surface area contributed by atoms with Crippen LogP contribution in [0.4, 0.5) is 0 Å². The van der Waals surface area contributed by atoms with Crippen molar-refractivity contribution in [2.24, 2.45) is 11.8 Å². The number of amides is 2. The summed E-state index contributed by atoms with van der Waals surface area (Å²) in [5.74, 6) is 0.212. The van der Waals surface area contributed by atoms with Gasteiger partial charge in [0, 0.05) is 11.8 Å². The molecule has 1 fully saturated rings. The second-order valence-corrected chi connectivity index (χ2v) is 7.83. The van der Waals surface area contributed by atoms with E-state index in [0.717, 1.165) is 36.8 Å². The fourth-order valence-corrected chi connectivity index (χ4v) is 3.93. The molecule has 0 bridgehead atoms. The van der Waals surface area contributed by atoms with Crippen molar-refractivity contribution in [1.82, 2.24) is 10.6 Å². The molecule has 0 unspecified atom stereocenters. The van der Waals surface area contributed by atoms with E-state index < -0.39 is 0 Å². The van der Waals surface area contributed by atoms with Crippen LogP contribution >= 0.6 is 0 Å². The minimum atomic E-state index is 0.00134. The molecule has 0 aromatic heterocycles. The first-order chi connectivity index (χ1) is 13.5. The van der Waals surface area contributed by atoms with Gasteiger partial charge in [0.25, 0.3) is 0 Å². The standard InChI is InChI=1S/C24H30N2O2/c1-17(19-9-5-3-6-10-19)25-23(27)21-13-15-22(16-14-21)24(28)26-18(2)20-11-7-4-8-12-20/h3-12,17-18,21-22H,13-16H2,1-2H3,(H,25,27)(H,26,28)/t17-,18-,21?,22?/m0/s1. The lowest BCUT2D eigenvalue weighted by Gasteiger charge is -2.29. The van der Waals surface area contributed by atoms with Crippen molar-refractivity contribution in [3.63, 3.8) is 0 Å². The Balaban J connectivity index is 1.46. The van der Waals surface area contributed by atoms with E-state index in [4.69, 9.17) is 0 Å². The number of hydrogen-bond acceptors (Lipinski definition) is 2. The highest BCUT2D eigenvalue weighted by Gasteiger charge is 2.31. The first-order valence-corrected chi connectivity index (χ1v) is 10.2. The highest BCUT2D eigenvalue weighted by Crippen LogP contribution is 2.30. The fourth-order valence-electron chi connectivity index (χ4n) is 3.93. The van der Waals surface area contributed by atoms with E-state index in [2.05, 4.69) is 10.6 Å². The average molecular weight is 379 g/mol. The molecule has 4 heteroatoms. The van der Waals surface area contributed by atoms with E-state index in [-0.39, 0.29) is 35.7 Å². The summed E-state index contributed by atoms with van der Waals surface area (Å²) in [5, 5.41) is 6.25. The van der Waals surface area contributed by atoms with Gasteiger partial charge >= 0.3 is 0 Å². The summed E-state index contributed by atoms with van der Waals surface area (Å²) in [6.45, 7) is 4.02. The zero-order valence-corrected chi connectivity index (χ0v) is 16.7. The molecule has 1 saturated carbocycles. The van der Waals surface area contributed by atoms with Crippen LogP contribution in [0.1, 0.15) is 62.7 Å². The van der Waals surface area contributed by atoms with Gasteiger partial charge in [-0.25, -0.2) is 0 Å². The number of nitrogens with one attached hydrogen (secondary N) is 2. The molecule has 0 heterocycles. The van der Waals surface area contributed by atoms with Crippen LogP contribution in [-0.4, -0.2) is 11.8 Å². The number of hydrogen-bond donors (Lipinski definition) is 2. The monoisotopic (exact) mass is 378 g/mol. The summed E-state index contributed by atoms with van der Waals surface area (Å²) in [7, 11) is 0. The van der Waals surface area contributed by atoms with Gasteiger partial charge in [-0.1, -0.05) is 60.7 Å². The van der Waals surface area contributed by atoms with E-state index in [1.807, 2.05) is 74.5 Å². The Hall–Kier alpha value is -2.62. The largest absolute Gasteiger partial charge is 0.349 e. The van der Waals surface area contributed by atoms with Crippen molar-refractivity contribution in [1.29, 1.82) is 0 Å². The van der Waals surface area contributed by atoms with Crippen molar-refractivity contribution in [2.75, 3.05) is 0 Å². The molecule has 2 atom stereocenters. The Labute approximate surface area is 167 Å². The zero-order valence-electron chi connectivity index (χ0n) is 16.7. The van der Waals surface area contributed by atoms with Crippen molar-refractivity contribution in [3.05, 3.63) is 71.8 Å². The molecule has 2 aromatic carbocycles. The molecule has 0 aliphatic heterocycles. The molecule has 2 amide bonds. The molecule has 1 aliphatic carbocycles. The Morgan fingerprint density at radius 2 is 1.00 bits per heavy atom. The van der Waals surface area contributed by atoms with Gasteiger partial charge in [0.15, 0.2) is 0 Å². The van der Waals surface area contributed by atoms with E-state index in [9.17, 15) is 9.59 Å². The summed E-state index contributed by atoms with van der Waals surface area (Å²) in [6, 6.07) is 20.0. The Bertz CT molecular complexity index is 700. The number of rotatable bonds is 6. The maximum absolute atomic E-state index is 12.6. The highest BCUT2D eigenvalue weighted by molar-refractivity contribution is 5.81. The van der Waals surface area contributed by atoms with Crippen LogP contribution in [0.2, 0.25) is 0 Å². The lowest BCUT2D eigenvalue weighted by molar-refractivity contribution is -0.131.